The molecule has 28 heavy (non-hydrogen) atoms. The van der Waals surface area contributed by atoms with Crippen molar-refractivity contribution in [2.24, 2.45) is 5.92 Å². The number of piperidine rings is 1. The molecule has 1 aromatic rings. The molecule has 3 aliphatic rings. The van der Waals surface area contributed by atoms with Crippen LogP contribution in [0.5, 0.6) is 11.5 Å². The van der Waals surface area contributed by atoms with E-state index in [1.54, 1.807) is 17.0 Å². The van der Waals surface area contributed by atoms with Gasteiger partial charge in [-0.15, -0.1) is 0 Å². The summed E-state index contributed by atoms with van der Waals surface area (Å²) >= 11 is 0. The van der Waals surface area contributed by atoms with Gasteiger partial charge in [0.05, 0.1) is 18.8 Å². The number of amides is 1. The number of carboxylic acids is 1. The van der Waals surface area contributed by atoms with Crippen molar-refractivity contribution in [1.29, 1.82) is 0 Å². The van der Waals surface area contributed by atoms with Gasteiger partial charge in [0.1, 0.15) is 17.4 Å². The van der Waals surface area contributed by atoms with Gasteiger partial charge in [0.2, 0.25) is 5.91 Å². The van der Waals surface area contributed by atoms with Crippen LogP contribution in [0.15, 0.2) is 12.1 Å². The Morgan fingerprint density at radius 3 is 2.61 bits per heavy atom. The number of carboxylic acid groups (broad SMARTS) is 1. The van der Waals surface area contributed by atoms with Gasteiger partial charge in [0, 0.05) is 5.92 Å². The summed E-state index contributed by atoms with van der Waals surface area (Å²) in [6.07, 6.45) is 1.69. The molecule has 0 unspecified atom stereocenters. The van der Waals surface area contributed by atoms with E-state index in [0.717, 1.165) is 25.9 Å². The van der Waals surface area contributed by atoms with E-state index < -0.39 is 12.7 Å². The standard InChI is InChI=1S/C18H24BN2O7/c22-17(12-4-7-20-8-5-12)21-9-13(10-21)27-14-2-1-11-3-6-19(25,26)28-16(11)15(14)18(23)24/h1-2,12-13,20,25-26H,3-10H2,(H,23,24)/q-1. The third-order valence-corrected chi connectivity index (χ3v) is 5.65. The van der Waals surface area contributed by atoms with Crippen molar-refractivity contribution in [3.8, 4) is 11.5 Å². The second kappa shape index (κ2) is 7.27. The summed E-state index contributed by atoms with van der Waals surface area (Å²) in [5.74, 6) is -1.04. The summed E-state index contributed by atoms with van der Waals surface area (Å²) in [4.78, 5) is 26.0. The zero-order chi connectivity index (χ0) is 19.9. The average Bonchev–Trinajstić information content (AvgIpc) is 2.63. The first kappa shape index (κ1) is 19.0. The lowest BCUT2D eigenvalue weighted by Gasteiger charge is -2.42. The van der Waals surface area contributed by atoms with E-state index in [-0.39, 0.29) is 41.3 Å². The molecule has 0 spiro atoms. The van der Waals surface area contributed by atoms with Crippen molar-refractivity contribution in [3.05, 3.63) is 23.3 Å². The molecular weight excluding hydrogens is 367 g/mol. The number of rotatable bonds is 4. The van der Waals surface area contributed by atoms with E-state index in [9.17, 15) is 24.7 Å². The molecule has 10 heteroatoms. The summed E-state index contributed by atoms with van der Waals surface area (Å²) in [7, 11) is 0. The number of fused-ring (bicyclic) bond motifs is 1. The Balaban J connectivity index is 1.45. The largest absolute Gasteiger partial charge is 0.669 e. The molecule has 4 rings (SSSR count). The minimum atomic E-state index is -3.07. The molecule has 0 atom stereocenters. The Morgan fingerprint density at radius 1 is 1.21 bits per heavy atom. The molecule has 2 saturated heterocycles. The lowest BCUT2D eigenvalue weighted by molar-refractivity contribution is -0.145. The third kappa shape index (κ3) is 3.67. The van der Waals surface area contributed by atoms with E-state index in [0.29, 0.717) is 25.1 Å². The average molecular weight is 391 g/mol. The van der Waals surface area contributed by atoms with E-state index in [2.05, 4.69) is 5.32 Å². The number of benzene rings is 1. The summed E-state index contributed by atoms with van der Waals surface area (Å²) in [6.45, 7) is -0.558. The summed E-state index contributed by atoms with van der Waals surface area (Å²) < 4.78 is 11.0. The first-order valence-corrected chi connectivity index (χ1v) is 9.69. The maximum atomic E-state index is 12.5. The summed E-state index contributed by atoms with van der Waals surface area (Å²) in [5.41, 5.74) is 0.386. The van der Waals surface area contributed by atoms with E-state index in [4.69, 9.17) is 9.39 Å². The van der Waals surface area contributed by atoms with Crippen LogP contribution in [-0.4, -0.2) is 71.0 Å². The maximum Gasteiger partial charge on any atom is 0.430 e. The quantitative estimate of drug-likeness (QED) is 0.521. The normalized spacial score (nSPS) is 22.0. The number of hydrogen-bond donors (Lipinski definition) is 4. The van der Waals surface area contributed by atoms with Crippen LogP contribution in [0, 0.1) is 5.92 Å². The summed E-state index contributed by atoms with van der Waals surface area (Å²) in [6, 6.07) is 3.25. The first-order valence-electron chi connectivity index (χ1n) is 9.69. The highest BCUT2D eigenvalue weighted by Gasteiger charge is 2.38. The number of aromatic carboxylic acids is 1. The number of carbonyl (C=O) groups is 2. The van der Waals surface area contributed by atoms with Gasteiger partial charge in [-0.1, -0.05) is 12.4 Å². The van der Waals surface area contributed by atoms with Gasteiger partial charge < -0.3 is 34.8 Å². The van der Waals surface area contributed by atoms with Crippen molar-refractivity contribution < 1.29 is 34.1 Å². The molecule has 0 aromatic heterocycles. The van der Waals surface area contributed by atoms with Crippen LogP contribution in [-0.2, 0) is 11.2 Å². The Kier molecular flexibility index (Phi) is 4.94. The van der Waals surface area contributed by atoms with Crippen LogP contribution < -0.4 is 14.7 Å². The molecule has 0 radical (unpaired) electrons. The number of hydrogen-bond acceptors (Lipinski definition) is 7. The van der Waals surface area contributed by atoms with Crippen molar-refractivity contribution in [3.63, 3.8) is 0 Å². The highest BCUT2D eigenvalue weighted by molar-refractivity contribution is 6.59. The third-order valence-electron chi connectivity index (χ3n) is 5.65. The molecule has 0 bridgehead atoms. The SMILES string of the molecule is O=C(O)c1c(OC2CN(C(=O)C3CCNCC3)C2)ccc2c1O[B-](O)(O)CC2. The molecule has 4 N–H and O–H groups in total. The fourth-order valence-electron chi connectivity index (χ4n) is 4.03. The fraction of sp³-hybridized carbons (Fsp3) is 0.556. The van der Waals surface area contributed by atoms with Crippen molar-refractivity contribution in [2.75, 3.05) is 26.2 Å². The van der Waals surface area contributed by atoms with Gasteiger partial charge in [-0.2, -0.15) is 0 Å². The van der Waals surface area contributed by atoms with E-state index in [1.807, 2.05) is 0 Å². The Bertz CT molecular complexity index is 788. The number of ether oxygens (including phenoxy) is 1. The predicted octanol–water partition coefficient (Wildman–Crippen LogP) is -0.168. The first-order chi connectivity index (χ1) is 13.3. The van der Waals surface area contributed by atoms with Crippen LogP contribution in [0.4, 0.5) is 0 Å². The predicted molar refractivity (Wildman–Crippen MR) is 99.3 cm³/mol. The van der Waals surface area contributed by atoms with E-state index >= 15 is 0 Å². The molecule has 3 aliphatic heterocycles. The van der Waals surface area contributed by atoms with Gasteiger partial charge in [0.15, 0.2) is 0 Å². The number of likely N-dealkylation sites (tertiary alicyclic amines) is 1. The van der Waals surface area contributed by atoms with Gasteiger partial charge >= 0.3 is 12.7 Å². The highest BCUT2D eigenvalue weighted by atomic mass is 16.6. The minimum Gasteiger partial charge on any atom is -0.669 e. The smallest absolute Gasteiger partial charge is 0.430 e. The zero-order valence-electron chi connectivity index (χ0n) is 15.5. The summed E-state index contributed by atoms with van der Waals surface area (Å²) in [5, 5.41) is 32.4. The topological polar surface area (TPSA) is 129 Å². The Labute approximate surface area is 162 Å². The van der Waals surface area contributed by atoms with Crippen LogP contribution in [0.25, 0.3) is 0 Å². The fourth-order valence-corrected chi connectivity index (χ4v) is 4.03. The zero-order valence-corrected chi connectivity index (χ0v) is 15.5. The molecule has 3 heterocycles. The van der Waals surface area contributed by atoms with Crippen LogP contribution in [0.2, 0.25) is 6.32 Å². The maximum absolute atomic E-state index is 12.5. The molecule has 1 aromatic carbocycles. The Hall–Kier alpha value is -2.30. The van der Waals surface area contributed by atoms with Gasteiger partial charge in [-0.05, 0) is 44.0 Å². The lowest BCUT2D eigenvalue weighted by atomic mass is 9.70. The van der Waals surface area contributed by atoms with Crippen LogP contribution >= 0.6 is 0 Å². The molecule has 0 aliphatic carbocycles. The van der Waals surface area contributed by atoms with Crippen molar-refractivity contribution >= 4 is 18.6 Å². The van der Waals surface area contributed by atoms with E-state index in [1.165, 1.54) is 0 Å². The van der Waals surface area contributed by atoms with Gasteiger partial charge in [-0.3, -0.25) is 4.79 Å². The second-order valence-corrected chi connectivity index (χ2v) is 7.75. The molecule has 1 amide bonds. The molecule has 9 nitrogen and oxygen atoms in total. The van der Waals surface area contributed by atoms with Crippen molar-refractivity contribution in [1.82, 2.24) is 10.2 Å². The molecular formula is C18H24BN2O7-. The number of aryl methyl sites for hydroxylation is 1. The number of carbonyl (C=O) groups excluding carboxylic acids is 1. The highest BCUT2D eigenvalue weighted by Crippen LogP contribution is 2.39. The number of nitrogens with one attached hydrogen (secondary N) is 1. The molecule has 2 fully saturated rings. The monoisotopic (exact) mass is 391 g/mol. The minimum absolute atomic E-state index is 0.0165. The Morgan fingerprint density at radius 2 is 1.93 bits per heavy atom. The van der Waals surface area contributed by atoms with Gasteiger partial charge in [0.25, 0.3) is 0 Å². The van der Waals surface area contributed by atoms with Crippen LogP contribution in [0.3, 0.4) is 0 Å². The van der Waals surface area contributed by atoms with Gasteiger partial charge in [-0.25, -0.2) is 4.79 Å². The number of nitrogens with zero attached hydrogens (tertiary/aromatic N) is 1. The second-order valence-electron chi connectivity index (χ2n) is 7.75. The lowest BCUT2D eigenvalue weighted by Crippen LogP contribution is -2.58. The molecule has 152 valence electrons. The molecule has 0 saturated carbocycles. The van der Waals surface area contributed by atoms with Crippen LogP contribution in [0.1, 0.15) is 28.8 Å². The van der Waals surface area contributed by atoms with Crippen molar-refractivity contribution in [2.45, 2.75) is 31.7 Å².